The van der Waals surface area contributed by atoms with E-state index in [1.807, 2.05) is 42.6 Å². The summed E-state index contributed by atoms with van der Waals surface area (Å²) in [4.78, 5) is 4.75. The molecule has 0 radical (unpaired) electrons. The fourth-order valence-electron chi connectivity index (χ4n) is 5.68. The van der Waals surface area contributed by atoms with Crippen LogP contribution in [0.2, 0.25) is 5.02 Å². The Bertz CT molecular complexity index is 1600. The van der Waals surface area contributed by atoms with Crippen molar-refractivity contribution in [2.24, 2.45) is 10.9 Å². The van der Waals surface area contributed by atoms with Gasteiger partial charge in [-0.1, -0.05) is 71.8 Å². The Hall–Kier alpha value is -3.29. The lowest BCUT2D eigenvalue weighted by molar-refractivity contribution is 0.282. The maximum absolute atomic E-state index is 6.29. The molecule has 0 fully saturated rings. The SMILES string of the molecule is COc1cc(C=Nc2ccc([C@@H]3Nc4ccc(C)cc4[C@H]4C=CC[C@H]43)cc2)cc(I)c1OCc1ccccc1Cl. The molecule has 1 heterocycles. The summed E-state index contributed by atoms with van der Waals surface area (Å²) >= 11 is 8.57. The molecule has 6 heteroatoms. The van der Waals surface area contributed by atoms with E-state index in [-0.39, 0.29) is 6.04 Å². The van der Waals surface area contributed by atoms with Gasteiger partial charge in [-0.25, -0.2) is 0 Å². The number of ether oxygens (including phenoxy) is 2. The Morgan fingerprint density at radius 2 is 1.88 bits per heavy atom. The molecule has 0 unspecified atom stereocenters. The van der Waals surface area contributed by atoms with E-state index in [0.29, 0.717) is 35.0 Å². The van der Waals surface area contributed by atoms with Crippen LogP contribution in [0.25, 0.3) is 0 Å². The molecular weight excluding hydrogens is 631 g/mol. The number of hydrogen-bond acceptors (Lipinski definition) is 4. The third kappa shape index (κ3) is 5.50. The van der Waals surface area contributed by atoms with Crippen molar-refractivity contribution in [3.63, 3.8) is 0 Å². The molecule has 4 aromatic carbocycles. The lowest BCUT2D eigenvalue weighted by Crippen LogP contribution is -2.29. The molecule has 0 saturated heterocycles. The summed E-state index contributed by atoms with van der Waals surface area (Å²) in [6.07, 6.45) is 7.68. The van der Waals surface area contributed by atoms with Crippen molar-refractivity contribution in [2.75, 3.05) is 12.4 Å². The summed E-state index contributed by atoms with van der Waals surface area (Å²) in [5, 5.41) is 4.51. The number of aliphatic imine (C=N–C) groups is 1. The van der Waals surface area contributed by atoms with Gasteiger partial charge in [-0.3, -0.25) is 4.99 Å². The third-order valence-corrected chi connectivity index (χ3v) is 8.88. The number of nitrogens with zero attached hydrogens (tertiary/aromatic N) is 1. The second-order valence-electron chi connectivity index (χ2n) is 10.3. The second-order valence-corrected chi connectivity index (χ2v) is 11.9. The fourth-order valence-corrected chi connectivity index (χ4v) is 6.65. The molecule has 1 N–H and O–H groups in total. The van der Waals surface area contributed by atoms with Gasteiger partial charge in [0.25, 0.3) is 0 Å². The standard InChI is InChI=1S/C34H30ClIN2O2/c1-21-10-15-31-28(16-21)26-7-5-8-27(26)33(38-31)23-11-13-25(14-12-23)37-19-22-17-30(36)34(32(18-22)39-2)40-20-24-6-3-4-9-29(24)35/h3-7,9-19,26-27,33,38H,8,20H2,1-2H3/t26-,27+,33-/m0/s1. The maximum Gasteiger partial charge on any atom is 0.174 e. The summed E-state index contributed by atoms with van der Waals surface area (Å²) in [5.41, 5.74) is 8.04. The molecule has 1 aliphatic heterocycles. The van der Waals surface area contributed by atoms with Crippen LogP contribution >= 0.6 is 34.2 Å². The fraction of sp³-hybridized carbons (Fsp3) is 0.206. The number of anilines is 1. The van der Waals surface area contributed by atoms with Gasteiger partial charge in [0.1, 0.15) is 6.61 Å². The molecular formula is C34H30ClIN2O2. The van der Waals surface area contributed by atoms with E-state index in [1.165, 1.54) is 22.4 Å². The van der Waals surface area contributed by atoms with Crippen molar-refractivity contribution in [3.05, 3.63) is 127 Å². The first-order chi connectivity index (χ1) is 19.5. The normalized spacial score (nSPS) is 19.2. The van der Waals surface area contributed by atoms with Gasteiger partial charge >= 0.3 is 0 Å². The number of hydrogen-bond donors (Lipinski definition) is 1. The van der Waals surface area contributed by atoms with Crippen LogP contribution in [0.1, 0.15) is 46.2 Å². The predicted molar refractivity (Wildman–Crippen MR) is 173 cm³/mol. The smallest absolute Gasteiger partial charge is 0.174 e. The highest BCUT2D eigenvalue weighted by atomic mass is 127. The van der Waals surface area contributed by atoms with Gasteiger partial charge in [-0.15, -0.1) is 0 Å². The highest BCUT2D eigenvalue weighted by Gasteiger charge is 2.37. The molecule has 2 aliphatic rings. The maximum atomic E-state index is 6.29. The zero-order chi connectivity index (χ0) is 27.6. The Balaban J connectivity index is 1.17. The van der Waals surface area contributed by atoms with E-state index in [2.05, 4.69) is 89.4 Å². The van der Waals surface area contributed by atoms with E-state index in [0.717, 1.165) is 26.8 Å². The topological polar surface area (TPSA) is 42.8 Å². The van der Waals surface area contributed by atoms with Crippen molar-refractivity contribution in [3.8, 4) is 11.5 Å². The number of benzene rings is 4. The number of aryl methyl sites for hydroxylation is 1. The van der Waals surface area contributed by atoms with Crippen molar-refractivity contribution < 1.29 is 9.47 Å². The molecule has 0 amide bonds. The van der Waals surface area contributed by atoms with Gasteiger partial charge in [0.2, 0.25) is 0 Å². The summed E-state index contributed by atoms with van der Waals surface area (Å²) in [5.74, 6) is 2.35. The van der Waals surface area contributed by atoms with Crippen LogP contribution in [0, 0.1) is 16.4 Å². The van der Waals surface area contributed by atoms with Crippen molar-refractivity contribution in [2.45, 2.75) is 31.9 Å². The Labute approximate surface area is 254 Å². The van der Waals surface area contributed by atoms with Crippen LogP contribution in [0.3, 0.4) is 0 Å². The number of allylic oxidation sites excluding steroid dienone is 2. The summed E-state index contributed by atoms with van der Waals surface area (Å²) in [7, 11) is 1.65. The summed E-state index contributed by atoms with van der Waals surface area (Å²) in [6.45, 7) is 2.53. The summed E-state index contributed by atoms with van der Waals surface area (Å²) in [6, 6.07) is 27.3. The van der Waals surface area contributed by atoms with Crippen LogP contribution < -0.4 is 14.8 Å². The molecule has 4 nitrogen and oxygen atoms in total. The first-order valence-electron chi connectivity index (χ1n) is 13.4. The number of rotatable bonds is 7. The van der Waals surface area contributed by atoms with Crippen molar-refractivity contribution in [1.29, 1.82) is 0 Å². The molecule has 0 saturated carbocycles. The van der Waals surface area contributed by atoms with Crippen LogP contribution in [0.5, 0.6) is 11.5 Å². The number of methoxy groups -OCH3 is 1. The number of nitrogens with one attached hydrogen (secondary N) is 1. The van der Waals surface area contributed by atoms with Gasteiger partial charge in [0.15, 0.2) is 11.5 Å². The molecule has 3 atom stereocenters. The zero-order valence-electron chi connectivity index (χ0n) is 22.4. The first-order valence-corrected chi connectivity index (χ1v) is 14.9. The highest BCUT2D eigenvalue weighted by molar-refractivity contribution is 14.1. The molecule has 1 aliphatic carbocycles. The van der Waals surface area contributed by atoms with Gasteiger partial charge in [0.05, 0.1) is 22.4 Å². The Morgan fingerprint density at radius 1 is 1.05 bits per heavy atom. The van der Waals surface area contributed by atoms with E-state index >= 15 is 0 Å². The van der Waals surface area contributed by atoms with E-state index < -0.39 is 0 Å². The van der Waals surface area contributed by atoms with Crippen LogP contribution in [0.15, 0.2) is 96.0 Å². The first kappa shape index (κ1) is 26.9. The minimum atomic E-state index is 0.275. The molecule has 202 valence electrons. The molecule has 40 heavy (non-hydrogen) atoms. The quantitative estimate of drug-likeness (QED) is 0.122. The number of halogens is 2. The van der Waals surface area contributed by atoms with Crippen LogP contribution in [-0.4, -0.2) is 13.3 Å². The van der Waals surface area contributed by atoms with E-state index in [4.69, 9.17) is 26.1 Å². The lowest BCUT2D eigenvalue weighted by Gasteiger charge is -2.37. The van der Waals surface area contributed by atoms with Gasteiger partial charge < -0.3 is 14.8 Å². The molecule has 4 aromatic rings. The van der Waals surface area contributed by atoms with E-state index in [1.54, 1.807) is 7.11 Å². The number of fused-ring (bicyclic) bond motifs is 3. The van der Waals surface area contributed by atoms with Gasteiger partial charge in [0, 0.05) is 28.4 Å². The zero-order valence-corrected chi connectivity index (χ0v) is 25.3. The largest absolute Gasteiger partial charge is 0.493 e. The van der Waals surface area contributed by atoms with Crippen molar-refractivity contribution >= 4 is 51.8 Å². The molecule has 0 aromatic heterocycles. The van der Waals surface area contributed by atoms with Gasteiger partial charge in [-0.2, -0.15) is 0 Å². The van der Waals surface area contributed by atoms with Crippen LogP contribution in [-0.2, 0) is 6.61 Å². The highest BCUT2D eigenvalue weighted by Crippen LogP contribution is 2.50. The Kier molecular flexibility index (Phi) is 7.85. The summed E-state index contributed by atoms with van der Waals surface area (Å²) < 4.78 is 12.7. The minimum Gasteiger partial charge on any atom is -0.493 e. The second kappa shape index (κ2) is 11.7. The average Bonchev–Trinajstić information content (AvgIpc) is 3.47. The molecule has 0 bridgehead atoms. The van der Waals surface area contributed by atoms with E-state index in [9.17, 15) is 0 Å². The lowest BCUT2D eigenvalue weighted by atomic mass is 9.76. The van der Waals surface area contributed by atoms with Crippen LogP contribution in [0.4, 0.5) is 11.4 Å². The average molecular weight is 661 g/mol. The molecule has 0 spiro atoms. The predicted octanol–water partition coefficient (Wildman–Crippen LogP) is 9.42. The third-order valence-electron chi connectivity index (χ3n) is 7.71. The monoisotopic (exact) mass is 660 g/mol. The Morgan fingerprint density at radius 3 is 2.67 bits per heavy atom. The van der Waals surface area contributed by atoms with Crippen molar-refractivity contribution in [1.82, 2.24) is 0 Å². The van der Waals surface area contributed by atoms with Gasteiger partial charge in [-0.05, 0) is 94.9 Å². The molecule has 6 rings (SSSR count). The minimum absolute atomic E-state index is 0.275.